The van der Waals surface area contributed by atoms with Crippen molar-refractivity contribution >= 4 is 33.7 Å². The number of pyridine rings is 1. The second-order valence-electron chi connectivity index (χ2n) is 6.59. The summed E-state index contributed by atoms with van der Waals surface area (Å²) in [7, 11) is 3.67. The number of likely N-dealkylation sites (N-methyl/N-ethyl adjacent to an activating group) is 1. The second kappa shape index (κ2) is 7.78. The normalized spacial score (nSPS) is 20.4. The molecule has 0 aromatic carbocycles. The highest BCUT2D eigenvalue weighted by Gasteiger charge is 2.39. The number of nitrogens with zero attached hydrogens (tertiary/aromatic N) is 3. The van der Waals surface area contributed by atoms with Crippen molar-refractivity contribution in [2.45, 2.75) is 18.4 Å². The summed E-state index contributed by atoms with van der Waals surface area (Å²) in [5.41, 5.74) is 4.53. The fourth-order valence-corrected chi connectivity index (χ4v) is 4.48. The Labute approximate surface area is 152 Å². The Morgan fingerprint density at radius 1 is 1.28 bits per heavy atom. The van der Waals surface area contributed by atoms with E-state index in [1.807, 2.05) is 6.07 Å². The first-order valence-electron chi connectivity index (χ1n) is 8.68. The van der Waals surface area contributed by atoms with Gasteiger partial charge in [-0.05, 0) is 45.1 Å². The molecule has 0 amide bonds. The SMILES string of the molecule is CN.CN1CCOC2(CCN(c3ccc4cc(C=O)sc4n3)CC2)C1. The predicted octanol–water partition coefficient (Wildman–Crippen LogP) is 1.98. The molecule has 7 heteroatoms. The Morgan fingerprint density at radius 3 is 2.72 bits per heavy atom. The number of anilines is 1. The summed E-state index contributed by atoms with van der Waals surface area (Å²) < 4.78 is 6.12. The standard InChI is InChI=1S/C17H21N3O2S.CH5N/c1-19-8-9-22-17(12-19)4-6-20(7-5-17)15-3-2-13-10-14(11-21)23-16(13)18-15;1-2/h2-3,10-11H,4-9,12H2,1H3;2H2,1H3. The number of fused-ring (bicyclic) bond motifs is 1. The summed E-state index contributed by atoms with van der Waals surface area (Å²) in [6.45, 7) is 4.84. The molecule has 4 heterocycles. The Balaban J connectivity index is 0.000000880. The molecule has 2 aromatic rings. The molecular weight excluding hydrogens is 336 g/mol. The number of ether oxygens (including phenoxy) is 1. The minimum atomic E-state index is 0.0290. The number of rotatable bonds is 2. The lowest BCUT2D eigenvalue weighted by Gasteiger charge is -2.46. The number of hydrogen-bond acceptors (Lipinski definition) is 7. The third kappa shape index (κ3) is 3.84. The van der Waals surface area contributed by atoms with Gasteiger partial charge in [-0.2, -0.15) is 0 Å². The Hall–Kier alpha value is -1.54. The molecule has 2 fully saturated rings. The minimum Gasteiger partial charge on any atom is -0.372 e. The lowest BCUT2D eigenvalue weighted by Crippen LogP contribution is -2.56. The van der Waals surface area contributed by atoms with Gasteiger partial charge in [-0.25, -0.2) is 4.98 Å². The van der Waals surface area contributed by atoms with E-state index in [9.17, 15) is 4.79 Å². The number of aromatic nitrogens is 1. The number of carbonyl (C=O) groups is 1. The van der Waals surface area contributed by atoms with Crippen molar-refractivity contribution < 1.29 is 9.53 Å². The average Bonchev–Trinajstić information content (AvgIpc) is 3.06. The van der Waals surface area contributed by atoms with Crippen LogP contribution in [-0.4, -0.2) is 68.7 Å². The third-order valence-electron chi connectivity index (χ3n) is 4.94. The molecule has 1 spiro atoms. The van der Waals surface area contributed by atoms with Crippen molar-refractivity contribution in [1.29, 1.82) is 0 Å². The highest BCUT2D eigenvalue weighted by Crippen LogP contribution is 2.32. The van der Waals surface area contributed by atoms with Crippen LogP contribution in [0.25, 0.3) is 10.2 Å². The lowest BCUT2D eigenvalue weighted by molar-refractivity contribution is -0.115. The monoisotopic (exact) mass is 362 g/mol. The van der Waals surface area contributed by atoms with Crippen LogP contribution < -0.4 is 10.6 Å². The first kappa shape index (κ1) is 18.3. The summed E-state index contributed by atoms with van der Waals surface area (Å²) in [5.74, 6) is 1.01. The topological polar surface area (TPSA) is 71.7 Å². The average molecular weight is 362 g/mol. The molecule has 2 aliphatic rings. The fourth-order valence-electron chi connectivity index (χ4n) is 3.64. The maximum atomic E-state index is 10.9. The van der Waals surface area contributed by atoms with E-state index in [4.69, 9.17) is 9.72 Å². The molecule has 0 radical (unpaired) electrons. The van der Waals surface area contributed by atoms with Crippen molar-refractivity contribution in [2.75, 3.05) is 51.8 Å². The number of carbonyl (C=O) groups excluding carboxylic acids is 1. The first-order chi connectivity index (χ1) is 12.2. The zero-order valence-electron chi connectivity index (χ0n) is 14.9. The van der Waals surface area contributed by atoms with Crippen molar-refractivity contribution in [3.05, 3.63) is 23.1 Å². The summed E-state index contributed by atoms with van der Waals surface area (Å²) >= 11 is 1.46. The van der Waals surface area contributed by atoms with Crippen LogP contribution in [0.2, 0.25) is 0 Å². The van der Waals surface area contributed by atoms with Gasteiger partial charge in [-0.3, -0.25) is 4.79 Å². The van der Waals surface area contributed by atoms with E-state index in [1.165, 1.54) is 18.4 Å². The molecule has 2 saturated heterocycles. The van der Waals surface area contributed by atoms with Crippen molar-refractivity contribution in [2.24, 2.45) is 5.73 Å². The molecule has 25 heavy (non-hydrogen) atoms. The van der Waals surface area contributed by atoms with Crippen molar-refractivity contribution in [1.82, 2.24) is 9.88 Å². The van der Waals surface area contributed by atoms with Crippen molar-refractivity contribution in [3.63, 3.8) is 0 Å². The van der Waals surface area contributed by atoms with Gasteiger partial charge in [-0.1, -0.05) is 0 Å². The summed E-state index contributed by atoms with van der Waals surface area (Å²) in [6.07, 6.45) is 2.98. The van der Waals surface area contributed by atoms with Crippen LogP contribution in [-0.2, 0) is 4.74 Å². The third-order valence-corrected chi connectivity index (χ3v) is 5.91. The maximum Gasteiger partial charge on any atom is 0.160 e. The molecule has 2 N–H and O–H groups in total. The van der Waals surface area contributed by atoms with E-state index in [0.717, 1.165) is 72.8 Å². The lowest BCUT2D eigenvalue weighted by atomic mass is 9.89. The van der Waals surface area contributed by atoms with Crippen LogP contribution in [0.5, 0.6) is 0 Å². The van der Waals surface area contributed by atoms with E-state index in [2.05, 4.69) is 34.7 Å². The molecular formula is C18H26N4O2S. The van der Waals surface area contributed by atoms with Crippen LogP contribution in [0.3, 0.4) is 0 Å². The summed E-state index contributed by atoms with van der Waals surface area (Å²) in [6, 6.07) is 6.03. The molecule has 6 nitrogen and oxygen atoms in total. The van der Waals surface area contributed by atoms with E-state index < -0.39 is 0 Å². The van der Waals surface area contributed by atoms with Crippen LogP contribution in [0.1, 0.15) is 22.5 Å². The Kier molecular flexibility index (Phi) is 5.68. The largest absolute Gasteiger partial charge is 0.372 e. The van der Waals surface area contributed by atoms with Gasteiger partial charge in [0.05, 0.1) is 17.1 Å². The van der Waals surface area contributed by atoms with E-state index >= 15 is 0 Å². The van der Waals surface area contributed by atoms with Gasteiger partial charge in [-0.15, -0.1) is 11.3 Å². The number of nitrogens with two attached hydrogens (primary N) is 1. The Bertz CT molecular complexity index is 725. The molecule has 2 aromatic heterocycles. The number of hydrogen-bond donors (Lipinski definition) is 1. The van der Waals surface area contributed by atoms with E-state index in [1.54, 1.807) is 0 Å². The molecule has 0 saturated carbocycles. The molecule has 0 atom stereocenters. The second-order valence-corrected chi connectivity index (χ2v) is 7.65. The summed E-state index contributed by atoms with van der Waals surface area (Å²) in [4.78, 5) is 22.1. The van der Waals surface area contributed by atoms with Crippen LogP contribution in [0, 0.1) is 0 Å². The highest BCUT2D eigenvalue weighted by atomic mass is 32.1. The predicted molar refractivity (Wildman–Crippen MR) is 103 cm³/mol. The molecule has 2 aliphatic heterocycles. The van der Waals surface area contributed by atoms with E-state index in [-0.39, 0.29) is 5.60 Å². The number of aldehydes is 1. The van der Waals surface area contributed by atoms with Gasteiger partial charge < -0.3 is 20.3 Å². The first-order valence-corrected chi connectivity index (χ1v) is 9.50. The molecule has 0 aliphatic carbocycles. The molecule has 0 unspecified atom stereocenters. The van der Waals surface area contributed by atoms with E-state index in [0.29, 0.717) is 0 Å². The minimum absolute atomic E-state index is 0.0290. The van der Waals surface area contributed by atoms with Gasteiger partial charge in [0.2, 0.25) is 0 Å². The van der Waals surface area contributed by atoms with Crippen LogP contribution >= 0.6 is 11.3 Å². The van der Waals surface area contributed by atoms with Gasteiger partial charge in [0, 0.05) is 31.6 Å². The van der Waals surface area contributed by atoms with Crippen LogP contribution in [0.4, 0.5) is 5.82 Å². The molecule has 136 valence electrons. The smallest absolute Gasteiger partial charge is 0.160 e. The van der Waals surface area contributed by atoms with Gasteiger partial charge >= 0.3 is 0 Å². The number of piperidine rings is 1. The quantitative estimate of drug-likeness (QED) is 0.824. The Morgan fingerprint density at radius 2 is 2.04 bits per heavy atom. The zero-order chi connectivity index (χ0) is 17.9. The molecule has 0 bridgehead atoms. The van der Waals surface area contributed by atoms with Gasteiger partial charge in [0.15, 0.2) is 6.29 Å². The van der Waals surface area contributed by atoms with Gasteiger partial charge in [0.1, 0.15) is 10.6 Å². The highest BCUT2D eigenvalue weighted by molar-refractivity contribution is 7.20. The van der Waals surface area contributed by atoms with Crippen molar-refractivity contribution in [3.8, 4) is 0 Å². The van der Waals surface area contributed by atoms with Crippen LogP contribution in [0.15, 0.2) is 18.2 Å². The zero-order valence-corrected chi connectivity index (χ0v) is 15.7. The number of morpholine rings is 1. The van der Waals surface area contributed by atoms with Gasteiger partial charge in [0.25, 0.3) is 0 Å². The molecule has 4 rings (SSSR count). The fraction of sp³-hybridized carbons (Fsp3) is 0.556. The summed E-state index contributed by atoms with van der Waals surface area (Å²) in [5, 5.41) is 1.05. The number of thiophene rings is 1. The maximum absolute atomic E-state index is 10.9.